The Morgan fingerprint density at radius 3 is 2.33 bits per heavy atom. The highest BCUT2D eigenvalue weighted by Crippen LogP contribution is 2.20. The molecule has 0 radical (unpaired) electrons. The van der Waals surface area contributed by atoms with Gasteiger partial charge in [-0.25, -0.2) is 4.39 Å². The number of nitrogens with zero attached hydrogens (tertiary/aromatic N) is 4. The largest absolute Gasteiger partial charge is 0.234 e. The van der Waals surface area contributed by atoms with Gasteiger partial charge in [0.15, 0.2) is 5.82 Å². The van der Waals surface area contributed by atoms with E-state index in [0.29, 0.717) is 6.42 Å². The van der Waals surface area contributed by atoms with Gasteiger partial charge in [0.1, 0.15) is 10.8 Å². The Labute approximate surface area is 146 Å². The third-order valence-electron chi connectivity index (χ3n) is 3.64. The summed E-state index contributed by atoms with van der Waals surface area (Å²) in [6.07, 6.45) is 1.28. The molecule has 0 fully saturated rings. The molecule has 7 heteroatoms. The summed E-state index contributed by atoms with van der Waals surface area (Å²) in [7, 11) is 0. The Balaban J connectivity index is 1.58. The molecule has 0 amide bonds. The van der Waals surface area contributed by atoms with E-state index in [2.05, 4.69) is 15.3 Å². The minimum Gasteiger partial charge on any atom is -0.207 e. The average molecular weight is 359 g/mol. The van der Waals surface area contributed by atoms with Crippen LogP contribution in [0.25, 0.3) is 4.96 Å². The van der Waals surface area contributed by atoms with Crippen LogP contribution in [0.1, 0.15) is 22.0 Å². The third kappa shape index (κ3) is 3.16. The van der Waals surface area contributed by atoms with Crippen LogP contribution in [0.2, 0.25) is 5.02 Å². The molecule has 0 saturated carbocycles. The van der Waals surface area contributed by atoms with E-state index in [1.54, 1.807) is 16.6 Å². The van der Waals surface area contributed by atoms with Gasteiger partial charge in [-0.2, -0.15) is 9.61 Å². The molecule has 0 aliphatic rings. The Kier molecular flexibility index (Phi) is 4.00. The fourth-order valence-electron chi connectivity index (χ4n) is 2.44. The summed E-state index contributed by atoms with van der Waals surface area (Å²) >= 11 is 7.43. The van der Waals surface area contributed by atoms with Crippen LogP contribution in [0, 0.1) is 5.82 Å². The summed E-state index contributed by atoms with van der Waals surface area (Å²) in [5, 5.41) is 14.7. The molecule has 0 atom stereocenters. The smallest absolute Gasteiger partial charge is 0.207 e. The van der Waals surface area contributed by atoms with Crippen LogP contribution in [0.4, 0.5) is 4.39 Å². The minimum absolute atomic E-state index is 0.246. The first kappa shape index (κ1) is 15.2. The van der Waals surface area contributed by atoms with E-state index < -0.39 is 0 Å². The molecule has 4 nitrogen and oxygen atoms in total. The van der Waals surface area contributed by atoms with E-state index in [0.717, 1.165) is 38.4 Å². The maximum absolute atomic E-state index is 13.0. The van der Waals surface area contributed by atoms with Crippen molar-refractivity contribution in [2.75, 3.05) is 0 Å². The van der Waals surface area contributed by atoms with Crippen molar-refractivity contribution in [3.63, 3.8) is 0 Å². The lowest BCUT2D eigenvalue weighted by atomic mass is 10.1. The molecule has 4 aromatic rings. The predicted molar refractivity (Wildman–Crippen MR) is 92.1 cm³/mol. The Hall–Kier alpha value is -2.31. The van der Waals surface area contributed by atoms with Gasteiger partial charge in [-0.1, -0.05) is 47.2 Å². The zero-order valence-electron chi connectivity index (χ0n) is 12.5. The Bertz CT molecular complexity index is 976. The number of rotatable bonds is 4. The number of halogens is 2. The molecule has 120 valence electrons. The second kappa shape index (κ2) is 6.30. The highest BCUT2D eigenvalue weighted by molar-refractivity contribution is 7.16. The topological polar surface area (TPSA) is 43.1 Å². The summed E-state index contributed by atoms with van der Waals surface area (Å²) in [5.74, 6) is 0.499. The van der Waals surface area contributed by atoms with Crippen molar-refractivity contribution in [3.8, 4) is 0 Å². The van der Waals surface area contributed by atoms with E-state index in [1.165, 1.54) is 23.5 Å². The second-order valence-electron chi connectivity index (χ2n) is 5.41. The molecule has 2 aromatic heterocycles. The van der Waals surface area contributed by atoms with E-state index in [1.807, 2.05) is 24.3 Å². The lowest BCUT2D eigenvalue weighted by molar-refractivity contribution is 0.627. The molecular formula is C17H12ClFN4S. The van der Waals surface area contributed by atoms with Gasteiger partial charge < -0.3 is 0 Å². The second-order valence-corrected chi connectivity index (χ2v) is 6.89. The Morgan fingerprint density at radius 1 is 0.917 bits per heavy atom. The lowest BCUT2D eigenvalue weighted by Gasteiger charge is -1.99. The highest BCUT2D eigenvalue weighted by Gasteiger charge is 2.12. The van der Waals surface area contributed by atoms with Gasteiger partial charge in [0.2, 0.25) is 4.96 Å². The molecule has 2 heterocycles. The molecule has 0 N–H and O–H groups in total. The maximum Gasteiger partial charge on any atom is 0.234 e. The van der Waals surface area contributed by atoms with Crippen molar-refractivity contribution >= 4 is 27.9 Å². The van der Waals surface area contributed by atoms with Gasteiger partial charge in [-0.15, -0.1) is 10.2 Å². The van der Waals surface area contributed by atoms with Crippen LogP contribution in [0.15, 0.2) is 48.5 Å². The van der Waals surface area contributed by atoms with Gasteiger partial charge >= 0.3 is 0 Å². The van der Waals surface area contributed by atoms with Gasteiger partial charge in [0, 0.05) is 17.9 Å². The van der Waals surface area contributed by atoms with E-state index in [9.17, 15) is 4.39 Å². The van der Waals surface area contributed by atoms with Crippen LogP contribution < -0.4 is 0 Å². The molecule has 0 aliphatic heterocycles. The summed E-state index contributed by atoms with van der Waals surface area (Å²) in [4.78, 5) is 0.760. The van der Waals surface area contributed by atoms with E-state index in [4.69, 9.17) is 11.6 Å². The zero-order chi connectivity index (χ0) is 16.5. The first-order valence-corrected chi connectivity index (χ1v) is 8.56. The number of hydrogen-bond acceptors (Lipinski definition) is 4. The van der Waals surface area contributed by atoms with Crippen molar-refractivity contribution in [1.29, 1.82) is 0 Å². The molecule has 0 saturated heterocycles. The SMILES string of the molecule is Fc1ccc(Cc2nnc3sc(Cc4ccc(Cl)cc4)nn23)cc1. The predicted octanol–water partition coefficient (Wildman–Crippen LogP) is 4.16. The highest BCUT2D eigenvalue weighted by atomic mass is 35.5. The van der Waals surface area contributed by atoms with Crippen molar-refractivity contribution in [2.45, 2.75) is 12.8 Å². The standard InChI is InChI=1S/C17H12ClFN4S/c18-13-5-1-12(2-6-13)10-16-22-23-15(20-21-17(23)24-16)9-11-3-7-14(19)8-4-11/h1-8H,9-10H2. The number of benzene rings is 2. The number of fused-ring (bicyclic) bond motifs is 1. The van der Waals surface area contributed by atoms with Crippen LogP contribution >= 0.6 is 22.9 Å². The van der Waals surface area contributed by atoms with Crippen LogP contribution in [-0.4, -0.2) is 19.8 Å². The maximum atomic E-state index is 13.0. The van der Waals surface area contributed by atoms with Gasteiger partial charge in [0.05, 0.1) is 0 Å². The van der Waals surface area contributed by atoms with Crippen molar-refractivity contribution < 1.29 is 4.39 Å². The number of aromatic nitrogens is 4. The fraction of sp³-hybridized carbons (Fsp3) is 0.118. The molecule has 0 aliphatic carbocycles. The lowest BCUT2D eigenvalue weighted by Crippen LogP contribution is -1.99. The van der Waals surface area contributed by atoms with Gasteiger partial charge in [-0.3, -0.25) is 0 Å². The molecular weight excluding hydrogens is 347 g/mol. The number of hydrogen-bond donors (Lipinski definition) is 0. The monoisotopic (exact) mass is 358 g/mol. The van der Waals surface area contributed by atoms with Gasteiger partial charge in [0.25, 0.3) is 0 Å². The molecule has 0 spiro atoms. The van der Waals surface area contributed by atoms with Crippen LogP contribution in [-0.2, 0) is 12.8 Å². The summed E-state index contributed by atoms with van der Waals surface area (Å²) < 4.78 is 14.8. The fourth-order valence-corrected chi connectivity index (χ4v) is 3.45. The van der Waals surface area contributed by atoms with E-state index >= 15 is 0 Å². The Morgan fingerprint density at radius 2 is 1.58 bits per heavy atom. The van der Waals surface area contributed by atoms with E-state index in [-0.39, 0.29) is 5.82 Å². The van der Waals surface area contributed by atoms with Gasteiger partial charge in [-0.05, 0) is 35.4 Å². The summed E-state index contributed by atoms with van der Waals surface area (Å²) in [6, 6.07) is 14.1. The molecule has 0 bridgehead atoms. The normalized spacial score (nSPS) is 11.2. The van der Waals surface area contributed by atoms with Crippen molar-refractivity contribution in [2.24, 2.45) is 0 Å². The molecule has 2 aromatic carbocycles. The summed E-state index contributed by atoms with van der Waals surface area (Å²) in [5.41, 5.74) is 2.11. The average Bonchev–Trinajstić information content (AvgIpc) is 3.13. The molecule has 24 heavy (non-hydrogen) atoms. The summed E-state index contributed by atoms with van der Waals surface area (Å²) in [6.45, 7) is 0. The molecule has 4 rings (SSSR count). The van der Waals surface area contributed by atoms with Crippen LogP contribution in [0.5, 0.6) is 0 Å². The third-order valence-corrected chi connectivity index (χ3v) is 4.79. The quantitative estimate of drug-likeness (QED) is 0.550. The van der Waals surface area contributed by atoms with Crippen molar-refractivity contribution in [3.05, 3.63) is 81.3 Å². The first-order valence-electron chi connectivity index (χ1n) is 7.36. The van der Waals surface area contributed by atoms with Crippen molar-refractivity contribution in [1.82, 2.24) is 19.8 Å². The van der Waals surface area contributed by atoms with Crippen LogP contribution in [0.3, 0.4) is 0 Å². The minimum atomic E-state index is -0.246. The first-order chi connectivity index (χ1) is 11.7. The zero-order valence-corrected chi connectivity index (χ0v) is 14.1. The molecule has 0 unspecified atom stereocenters.